The van der Waals surface area contributed by atoms with Gasteiger partial charge in [0.05, 0.1) is 16.2 Å². The van der Waals surface area contributed by atoms with Crippen LogP contribution in [0.3, 0.4) is 0 Å². The predicted octanol–water partition coefficient (Wildman–Crippen LogP) is 2.84. The Bertz CT molecular complexity index is 568. The minimum atomic E-state index is -1.06. The second kappa shape index (κ2) is 4.29. The zero-order valence-corrected chi connectivity index (χ0v) is 10.1. The number of halogens is 1. The molecule has 1 aliphatic heterocycles. The molecule has 0 radical (unpaired) electrons. The normalized spacial score (nSPS) is 22.1. The number of nitro benzene ring substituents is 1. The van der Waals surface area contributed by atoms with Gasteiger partial charge < -0.3 is 0 Å². The molecule has 0 aliphatic carbocycles. The Morgan fingerprint density at radius 2 is 2.22 bits per heavy atom. The van der Waals surface area contributed by atoms with Crippen LogP contribution >= 0.6 is 0 Å². The van der Waals surface area contributed by atoms with Crippen molar-refractivity contribution in [1.82, 2.24) is 0 Å². The van der Waals surface area contributed by atoms with Crippen LogP contribution in [0.4, 0.5) is 10.1 Å². The smallest absolute Gasteiger partial charge is 0.258 e. The van der Waals surface area contributed by atoms with Crippen LogP contribution in [0.15, 0.2) is 28.2 Å². The Morgan fingerprint density at radius 1 is 1.50 bits per heavy atom. The molecule has 6 heteroatoms. The third-order valence-electron chi connectivity index (χ3n) is 2.91. The molecule has 1 aliphatic rings. The van der Waals surface area contributed by atoms with Gasteiger partial charge >= 0.3 is 0 Å². The monoisotopic (exact) mass is 249 g/mol. The van der Waals surface area contributed by atoms with Crippen LogP contribution in [-0.2, 0) is 5.66 Å². The summed E-state index contributed by atoms with van der Waals surface area (Å²) in [6.45, 7) is 3.57. The largest absolute Gasteiger partial charge is 0.277 e. The summed E-state index contributed by atoms with van der Waals surface area (Å²) in [7, 11) is 0. The van der Waals surface area contributed by atoms with Gasteiger partial charge in [0.1, 0.15) is 5.82 Å². The molecule has 94 valence electrons. The maximum Gasteiger partial charge on any atom is 0.277 e. The van der Waals surface area contributed by atoms with E-state index in [1.807, 2.05) is 6.92 Å². The molecule has 1 aromatic carbocycles. The van der Waals surface area contributed by atoms with Gasteiger partial charge in [0.2, 0.25) is 0 Å². The van der Waals surface area contributed by atoms with E-state index in [0.717, 1.165) is 18.2 Å². The van der Waals surface area contributed by atoms with Crippen LogP contribution in [0.1, 0.15) is 25.8 Å². The Morgan fingerprint density at radius 3 is 2.72 bits per heavy atom. The van der Waals surface area contributed by atoms with E-state index in [0.29, 0.717) is 12.1 Å². The third kappa shape index (κ3) is 1.90. The summed E-state index contributed by atoms with van der Waals surface area (Å²) in [4.78, 5) is 19.0. The van der Waals surface area contributed by atoms with Gasteiger partial charge in [-0.3, -0.25) is 20.1 Å². The van der Waals surface area contributed by atoms with E-state index in [2.05, 4.69) is 9.98 Å². The van der Waals surface area contributed by atoms with E-state index >= 15 is 0 Å². The maximum atomic E-state index is 13.3. The van der Waals surface area contributed by atoms with E-state index < -0.39 is 16.4 Å². The van der Waals surface area contributed by atoms with Crippen molar-refractivity contribution in [3.63, 3.8) is 0 Å². The van der Waals surface area contributed by atoms with Gasteiger partial charge in [-0.05, 0) is 25.5 Å². The summed E-state index contributed by atoms with van der Waals surface area (Å²) < 4.78 is 13.3. The highest BCUT2D eigenvalue weighted by Crippen LogP contribution is 2.39. The Hall–Kier alpha value is -2.11. The molecule has 0 saturated carbocycles. The number of nitrogens with zero attached hydrogens (tertiary/aromatic N) is 3. The Kier molecular flexibility index (Phi) is 2.94. The quantitative estimate of drug-likeness (QED) is 0.610. The first kappa shape index (κ1) is 12.3. The van der Waals surface area contributed by atoms with E-state index in [9.17, 15) is 14.5 Å². The topological polar surface area (TPSA) is 67.9 Å². The summed E-state index contributed by atoms with van der Waals surface area (Å²) >= 11 is 0. The van der Waals surface area contributed by atoms with Crippen molar-refractivity contribution in [1.29, 1.82) is 0 Å². The fourth-order valence-electron chi connectivity index (χ4n) is 2.03. The van der Waals surface area contributed by atoms with Crippen molar-refractivity contribution in [2.75, 3.05) is 0 Å². The van der Waals surface area contributed by atoms with Crippen molar-refractivity contribution in [3.05, 3.63) is 39.7 Å². The number of hydrogen-bond donors (Lipinski definition) is 0. The van der Waals surface area contributed by atoms with Gasteiger partial charge in [-0.25, -0.2) is 4.39 Å². The fourth-order valence-corrected chi connectivity index (χ4v) is 2.03. The summed E-state index contributed by atoms with van der Waals surface area (Å²) in [5.74, 6) is -0.529. The first-order valence-corrected chi connectivity index (χ1v) is 5.54. The van der Waals surface area contributed by atoms with Crippen molar-refractivity contribution in [2.24, 2.45) is 9.98 Å². The molecule has 0 N–H and O–H groups in total. The standard InChI is InChI=1S/C12H12FN3O2/c1-3-12(14-7-8(2)15-12)10-6-9(13)4-5-11(10)16(17)18/h4-7H,3H2,1-2H3. The maximum absolute atomic E-state index is 13.3. The highest BCUT2D eigenvalue weighted by molar-refractivity contribution is 6.30. The lowest BCUT2D eigenvalue weighted by atomic mass is 9.96. The second-order valence-corrected chi connectivity index (χ2v) is 4.10. The van der Waals surface area contributed by atoms with Crippen LogP contribution in [0, 0.1) is 15.9 Å². The van der Waals surface area contributed by atoms with Crippen LogP contribution in [0.5, 0.6) is 0 Å². The third-order valence-corrected chi connectivity index (χ3v) is 2.91. The highest BCUT2D eigenvalue weighted by atomic mass is 19.1. The molecule has 1 unspecified atom stereocenters. The number of rotatable bonds is 3. The zero-order valence-electron chi connectivity index (χ0n) is 10.1. The molecule has 0 spiro atoms. The lowest BCUT2D eigenvalue weighted by Gasteiger charge is -2.21. The first-order chi connectivity index (χ1) is 8.48. The van der Waals surface area contributed by atoms with E-state index in [1.165, 1.54) is 0 Å². The second-order valence-electron chi connectivity index (χ2n) is 4.10. The minimum Gasteiger partial charge on any atom is -0.258 e. The van der Waals surface area contributed by atoms with Gasteiger partial charge in [-0.15, -0.1) is 0 Å². The van der Waals surface area contributed by atoms with Crippen LogP contribution < -0.4 is 0 Å². The highest BCUT2D eigenvalue weighted by Gasteiger charge is 2.37. The lowest BCUT2D eigenvalue weighted by molar-refractivity contribution is -0.386. The molecule has 0 amide bonds. The molecule has 0 saturated heterocycles. The molecule has 0 aromatic heterocycles. The van der Waals surface area contributed by atoms with Gasteiger partial charge in [0, 0.05) is 12.3 Å². The number of aliphatic imine (C=N–C) groups is 2. The van der Waals surface area contributed by atoms with E-state index in [-0.39, 0.29) is 11.3 Å². The van der Waals surface area contributed by atoms with Crippen molar-refractivity contribution < 1.29 is 9.31 Å². The average Bonchev–Trinajstić information content (AvgIpc) is 2.71. The Labute approximate surface area is 103 Å². The molecular weight excluding hydrogens is 237 g/mol. The first-order valence-electron chi connectivity index (χ1n) is 5.54. The summed E-state index contributed by atoms with van der Waals surface area (Å²) in [6, 6.07) is 3.36. The number of nitro groups is 1. The zero-order chi connectivity index (χ0) is 13.3. The van der Waals surface area contributed by atoms with Crippen LogP contribution in [0.2, 0.25) is 0 Å². The van der Waals surface area contributed by atoms with Crippen molar-refractivity contribution in [2.45, 2.75) is 25.9 Å². The molecule has 0 bridgehead atoms. The molecule has 18 heavy (non-hydrogen) atoms. The van der Waals surface area contributed by atoms with Crippen molar-refractivity contribution >= 4 is 17.6 Å². The summed E-state index contributed by atoms with van der Waals surface area (Å²) in [5.41, 5.74) is -0.346. The Balaban J connectivity index is 2.66. The molecule has 0 fully saturated rings. The molecular formula is C12H12FN3O2. The molecule has 1 heterocycles. The van der Waals surface area contributed by atoms with Gasteiger partial charge in [-0.2, -0.15) is 0 Å². The average molecular weight is 249 g/mol. The van der Waals surface area contributed by atoms with Gasteiger partial charge in [-0.1, -0.05) is 6.92 Å². The van der Waals surface area contributed by atoms with E-state index in [4.69, 9.17) is 0 Å². The summed E-state index contributed by atoms with van der Waals surface area (Å²) in [6.07, 6.45) is 1.99. The fraction of sp³-hybridized carbons (Fsp3) is 0.333. The molecule has 2 rings (SSSR count). The van der Waals surface area contributed by atoms with E-state index in [1.54, 1.807) is 13.1 Å². The summed E-state index contributed by atoms with van der Waals surface area (Å²) in [5, 5.41) is 11.0. The van der Waals surface area contributed by atoms with Crippen molar-refractivity contribution in [3.8, 4) is 0 Å². The van der Waals surface area contributed by atoms with Gasteiger partial charge in [0.15, 0.2) is 5.66 Å². The number of hydrogen-bond acceptors (Lipinski definition) is 4. The molecule has 5 nitrogen and oxygen atoms in total. The minimum absolute atomic E-state index is 0.158. The van der Waals surface area contributed by atoms with Gasteiger partial charge in [0.25, 0.3) is 5.69 Å². The van der Waals surface area contributed by atoms with Crippen LogP contribution in [0.25, 0.3) is 0 Å². The lowest BCUT2D eigenvalue weighted by Crippen LogP contribution is -2.20. The predicted molar refractivity (Wildman–Crippen MR) is 66.6 cm³/mol. The molecule has 1 atom stereocenters. The number of benzene rings is 1. The molecule has 1 aromatic rings. The SMILES string of the molecule is CCC1(c2cc(F)ccc2[N+](=O)[O-])N=CC(C)=N1. The van der Waals surface area contributed by atoms with Crippen LogP contribution in [-0.4, -0.2) is 16.8 Å².